The lowest BCUT2D eigenvalue weighted by Crippen LogP contribution is -2.38. The lowest BCUT2D eigenvalue weighted by atomic mass is 10.1. The zero-order valence-corrected chi connectivity index (χ0v) is 16.4. The molecule has 1 fully saturated rings. The Balaban J connectivity index is 1.75. The first-order valence-electron chi connectivity index (χ1n) is 8.84. The normalized spacial score (nSPS) is 18.9. The second-order valence-electron chi connectivity index (χ2n) is 7.63. The average Bonchev–Trinajstić information content (AvgIpc) is 2.98. The lowest BCUT2D eigenvalue weighted by molar-refractivity contribution is 0.0496. The summed E-state index contributed by atoms with van der Waals surface area (Å²) < 4.78 is 44.5. The number of amides is 3. The molecule has 0 aliphatic carbocycles. The van der Waals surface area contributed by atoms with Gasteiger partial charge in [-0.3, -0.25) is 9.80 Å². The lowest BCUT2D eigenvalue weighted by Gasteiger charge is -2.28. The number of hydrogen-bond donors (Lipinski definition) is 1. The van der Waals surface area contributed by atoms with E-state index in [-0.39, 0.29) is 30.0 Å². The first-order valence-corrected chi connectivity index (χ1v) is 8.84. The minimum Gasteiger partial charge on any atom is -0.444 e. The van der Waals surface area contributed by atoms with Crippen LogP contribution < -0.4 is 15.1 Å². The number of rotatable bonds is 3. The molecule has 2 aliphatic rings. The molecule has 29 heavy (non-hydrogen) atoms. The van der Waals surface area contributed by atoms with Gasteiger partial charge in [-0.2, -0.15) is 0 Å². The smallest absolute Gasteiger partial charge is 0.414 e. The Morgan fingerprint density at radius 1 is 1.31 bits per heavy atom. The van der Waals surface area contributed by atoms with Crippen LogP contribution in [-0.2, 0) is 20.8 Å². The van der Waals surface area contributed by atoms with E-state index in [1.54, 1.807) is 20.8 Å². The number of alkyl carbamates (subject to hydrolysis) is 1. The van der Waals surface area contributed by atoms with Crippen LogP contribution in [0, 0.1) is 11.6 Å². The molecule has 0 bridgehead atoms. The van der Waals surface area contributed by atoms with Gasteiger partial charge in [0.15, 0.2) is 5.82 Å². The Morgan fingerprint density at radius 3 is 2.66 bits per heavy atom. The van der Waals surface area contributed by atoms with Crippen molar-refractivity contribution in [3.63, 3.8) is 0 Å². The molecule has 0 saturated carbocycles. The van der Waals surface area contributed by atoms with E-state index in [0.29, 0.717) is 0 Å². The highest BCUT2D eigenvalue weighted by Gasteiger charge is 2.38. The molecule has 1 N–H and O–H groups in total. The average molecular weight is 413 g/mol. The first-order chi connectivity index (χ1) is 13.5. The summed E-state index contributed by atoms with van der Waals surface area (Å²) in [5.41, 5.74) is -1.44. The minimum atomic E-state index is -0.890. The van der Waals surface area contributed by atoms with Gasteiger partial charge in [0.2, 0.25) is 0 Å². The van der Waals surface area contributed by atoms with Gasteiger partial charge in [-0.1, -0.05) is 0 Å². The van der Waals surface area contributed by atoms with E-state index in [1.165, 1.54) is 7.05 Å². The van der Waals surface area contributed by atoms with Crippen LogP contribution in [0.15, 0.2) is 6.07 Å². The molecule has 2 heterocycles. The minimum absolute atomic E-state index is 0.0630. The van der Waals surface area contributed by atoms with Gasteiger partial charge >= 0.3 is 18.3 Å². The maximum atomic E-state index is 15.0. The summed E-state index contributed by atoms with van der Waals surface area (Å²) in [7, 11) is 1.25. The van der Waals surface area contributed by atoms with Crippen LogP contribution in [0.1, 0.15) is 26.3 Å². The number of benzene rings is 1. The van der Waals surface area contributed by atoms with Crippen molar-refractivity contribution in [2.45, 2.75) is 39.1 Å². The van der Waals surface area contributed by atoms with Gasteiger partial charge in [0.25, 0.3) is 0 Å². The molecular weight excluding hydrogens is 392 g/mol. The van der Waals surface area contributed by atoms with Crippen LogP contribution in [0.2, 0.25) is 0 Å². The third-order valence-electron chi connectivity index (χ3n) is 4.25. The summed E-state index contributed by atoms with van der Waals surface area (Å²) in [5, 5.41) is 2.46. The molecule has 0 radical (unpaired) electrons. The summed E-state index contributed by atoms with van der Waals surface area (Å²) in [6, 6.07) is 0.828. The van der Waals surface area contributed by atoms with Crippen molar-refractivity contribution in [2.75, 3.05) is 29.9 Å². The number of fused-ring (bicyclic) bond motifs is 1. The molecule has 11 heteroatoms. The van der Waals surface area contributed by atoms with Crippen molar-refractivity contribution in [3.05, 3.63) is 23.3 Å². The van der Waals surface area contributed by atoms with E-state index < -0.39 is 48.2 Å². The molecule has 1 saturated heterocycles. The predicted octanol–water partition coefficient (Wildman–Crippen LogP) is 2.90. The van der Waals surface area contributed by atoms with Crippen molar-refractivity contribution < 1.29 is 37.4 Å². The second-order valence-corrected chi connectivity index (χ2v) is 7.63. The van der Waals surface area contributed by atoms with Gasteiger partial charge < -0.3 is 19.5 Å². The third-order valence-corrected chi connectivity index (χ3v) is 4.25. The topological polar surface area (TPSA) is 97.4 Å². The van der Waals surface area contributed by atoms with E-state index in [0.717, 1.165) is 15.9 Å². The number of nitrogens with zero attached hydrogens (tertiary/aromatic N) is 2. The molecule has 158 valence electrons. The highest BCUT2D eigenvalue weighted by Crippen LogP contribution is 2.37. The van der Waals surface area contributed by atoms with E-state index in [9.17, 15) is 23.2 Å². The van der Waals surface area contributed by atoms with Crippen molar-refractivity contribution in [1.82, 2.24) is 5.32 Å². The number of carbonyl (C=O) groups excluding carboxylic acids is 3. The second kappa shape index (κ2) is 7.37. The van der Waals surface area contributed by atoms with Crippen LogP contribution in [0.5, 0.6) is 0 Å². The van der Waals surface area contributed by atoms with Crippen molar-refractivity contribution >= 4 is 29.7 Å². The van der Waals surface area contributed by atoms with Gasteiger partial charge in [0.1, 0.15) is 24.1 Å². The molecule has 1 aromatic carbocycles. The largest absolute Gasteiger partial charge is 0.444 e. The van der Waals surface area contributed by atoms with Crippen LogP contribution in [0.3, 0.4) is 0 Å². The zero-order chi connectivity index (χ0) is 21.5. The maximum absolute atomic E-state index is 15.0. The quantitative estimate of drug-likeness (QED) is 0.766. The van der Waals surface area contributed by atoms with Crippen molar-refractivity contribution in [3.8, 4) is 0 Å². The van der Waals surface area contributed by atoms with Crippen LogP contribution in [0.4, 0.5) is 34.5 Å². The van der Waals surface area contributed by atoms with E-state index in [4.69, 9.17) is 14.2 Å². The number of anilines is 2. The Hall–Kier alpha value is -3.11. The van der Waals surface area contributed by atoms with Gasteiger partial charge in [0.05, 0.1) is 30.0 Å². The molecule has 0 spiro atoms. The molecule has 9 nitrogen and oxygen atoms in total. The van der Waals surface area contributed by atoms with Crippen LogP contribution >= 0.6 is 0 Å². The monoisotopic (exact) mass is 413 g/mol. The third kappa shape index (κ3) is 4.17. The Kier molecular flexibility index (Phi) is 5.24. The van der Waals surface area contributed by atoms with Gasteiger partial charge in [0, 0.05) is 13.1 Å². The first kappa shape index (κ1) is 20.6. The maximum Gasteiger partial charge on any atom is 0.414 e. The summed E-state index contributed by atoms with van der Waals surface area (Å²) in [6.07, 6.45) is -3.17. The highest BCUT2D eigenvalue weighted by atomic mass is 19.1. The summed E-state index contributed by atoms with van der Waals surface area (Å²) in [6.45, 7) is 4.47. The predicted molar refractivity (Wildman–Crippen MR) is 96.8 cm³/mol. The number of halogens is 2. The Labute approximate surface area is 165 Å². The van der Waals surface area contributed by atoms with Crippen LogP contribution in [0.25, 0.3) is 0 Å². The van der Waals surface area contributed by atoms with Crippen LogP contribution in [-0.4, -0.2) is 50.1 Å². The fourth-order valence-electron chi connectivity index (χ4n) is 3.00. The molecule has 1 atom stereocenters. The van der Waals surface area contributed by atoms with Gasteiger partial charge in [-0.15, -0.1) is 0 Å². The Morgan fingerprint density at radius 2 is 2.00 bits per heavy atom. The van der Waals surface area contributed by atoms with Gasteiger partial charge in [-0.25, -0.2) is 23.2 Å². The van der Waals surface area contributed by atoms with Crippen molar-refractivity contribution in [1.29, 1.82) is 0 Å². The summed E-state index contributed by atoms with van der Waals surface area (Å²) >= 11 is 0. The van der Waals surface area contributed by atoms with Gasteiger partial charge in [-0.05, 0) is 20.8 Å². The number of cyclic esters (lactones) is 2. The number of ether oxygens (including phenoxy) is 3. The van der Waals surface area contributed by atoms with E-state index in [1.807, 2.05) is 0 Å². The fraction of sp³-hybridized carbons (Fsp3) is 0.500. The summed E-state index contributed by atoms with van der Waals surface area (Å²) in [5.74, 6) is -1.77. The number of hydrogen-bond acceptors (Lipinski definition) is 6. The zero-order valence-electron chi connectivity index (χ0n) is 16.4. The summed E-state index contributed by atoms with van der Waals surface area (Å²) in [4.78, 5) is 37.2. The molecule has 1 aromatic rings. The Bertz CT molecular complexity index is 870. The molecule has 0 aromatic heterocycles. The number of nitrogens with one attached hydrogen (secondary N) is 1. The SMILES string of the molecule is CN1C(=O)OCc2c(F)c(N3CC(CNC(=O)OC(C)(C)C)OC3=O)cc(F)c21. The fourth-order valence-corrected chi connectivity index (χ4v) is 3.00. The highest BCUT2D eigenvalue weighted by molar-refractivity contribution is 5.93. The molecule has 1 unspecified atom stereocenters. The van der Waals surface area contributed by atoms with E-state index >= 15 is 0 Å². The molecule has 3 amide bonds. The molecule has 2 aliphatic heterocycles. The van der Waals surface area contributed by atoms with E-state index in [2.05, 4.69) is 5.32 Å². The number of carbonyl (C=O) groups is 3. The van der Waals surface area contributed by atoms with Crippen molar-refractivity contribution in [2.24, 2.45) is 0 Å². The standard InChI is InChI=1S/C18H21F2N3O6/c1-18(2,3)29-15(24)21-6-9-7-23(17(26)28-9)12-5-11(19)14-10(13(12)20)8-27-16(25)22(14)4/h5,9H,6-8H2,1-4H3,(H,21,24). The molecular formula is C18H21F2N3O6. The molecule has 3 rings (SSSR count).